The molecule has 0 N–H and O–H groups in total. The number of aromatic nitrogens is 2. The van der Waals surface area contributed by atoms with Gasteiger partial charge in [-0.2, -0.15) is 5.10 Å². The van der Waals surface area contributed by atoms with E-state index in [2.05, 4.69) is 5.10 Å². The average Bonchev–Trinajstić information content (AvgIpc) is 2.45. The molecule has 2 rings (SSSR count). The Morgan fingerprint density at radius 2 is 2.15 bits per heavy atom. The number of pyridine rings is 1. The van der Waals surface area contributed by atoms with Crippen LogP contribution in [0.2, 0.25) is 0 Å². The predicted octanol–water partition coefficient (Wildman–Crippen LogP) is 2.58. The Morgan fingerprint density at radius 1 is 1.38 bits per heavy atom. The fraction of sp³-hybridized carbons (Fsp3) is 0.222. The average molecular weight is 182 g/mol. The van der Waals surface area contributed by atoms with Crippen LogP contribution in [0.3, 0.4) is 0 Å². The van der Waals surface area contributed by atoms with Crippen LogP contribution in [0.1, 0.15) is 17.7 Å². The number of hydrogen-bond acceptors (Lipinski definition) is 1. The lowest BCUT2D eigenvalue weighted by atomic mass is 10.2. The molecule has 2 heterocycles. The van der Waals surface area contributed by atoms with Crippen LogP contribution in [0.25, 0.3) is 5.52 Å². The molecule has 0 fully saturated rings. The molecular weight excluding hydrogens is 174 g/mol. The van der Waals surface area contributed by atoms with E-state index in [0.717, 1.165) is 5.52 Å². The number of hydrogen-bond donors (Lipinski definition) is 0. The van der Waals surface area contributed by atoms with Gasteiger partial charge in [0.15, 0.2) is 0 Å². The zero-order chi connectivity index (χ0) is 9.42. The van der Waals surface area contributed by atoms with Gasteiger partial charge in [-0.1, -0.05) is 6.07 Å². The van der Waals surface area contributed by atoms with Crippen molar-refractivity contribution in [1.29, 1.82) is 0 Å². The fourth-order valence-corrected chi connectivity index (χ4v) is 1.35. The van der Waals surface area contributed by atoms with Gasteiger partial charge in [-0.3, -0.25) is 0 Å². The quantitative estimate of drug-likeness (QED) is 0.662. The van der Waals surface area contributed by atoms with Crippen LogP contribution in [0.5, 0.6) is 0 Å². The van der Waals surface area contributed by atoms with Crippen molar-refractivity contribution in [3.8, 4) is 0 Å². The van der Waals surface area contributed by atoms with Crippen molar-refractivity contribution < 1.29 is 8.78 Å². The summed E-state index contributed by atoms with van der Waals surface area (Å²) < 4.78 is 26.2. The molecule has 0 aliphatic heterocycles. The molecule has 0 aliphatic carbocycles. The third kappa shape index (κ3) is 1.18. The number of halogens is 2. The SMILES string of the molecule is Cc1c(C(F)F)nn2ccccc12. The van der Waals surface area contributed by atoms with E-state index in [0.29, 0.717) is 5.56 Å². The van der Waals surface area contributed by atoms with E-state index in [4.69, 9.17) is 0 Å². The molecule has 2 aromatic heterocycles. The van der Waals surface area contributed by atoms with E-state index in [1.165, 1.54) is 4.52 Å². The van der Waals surface area contributed by atoms with E-state index < -0.39 is 6.43 Å². The Labute approximate surface area is 73.8 Å². The monoisotopic (exact) mass is 182 g/mol. The van der Waals surface area contributed by atoms with Crippen LogP contribution >= 0.6 is 0 Å². The number of aryl methyl sites for hydroxylation is 1. The van der Waals surface area contributed by atoms with E-state index in [1.807, 2.05) is 0 Å². The summed E-state index contributed by atoms with van der Waals surface area (Å²) in [6.07, 6.45) is -0.839. The van der Waals surface area contributed by atoms with Gasteiger partial charge in [0.25, 0.3) is 6.43 Å². The van der Waals surface area contributed by atoms with E-state index in [1.54, 1.807) is 31.3 Å². The van der Waals surface area contributed by atoms with Crippen LogP contribution in [-0.2, 0) is 0 Å². The zero-order valence-corrected chi connectivity index (χ0v) is 7.04. The highest BCUT2D eigenvalue weighted by molar-refractivity contribution is 5.55. The van der Waals surface area contributed by atoms with Crippen molar-refractivity contribution in [1.82, 2.24) is 9.61 Å². The second kappa shape index (κ2) is 2.80. The minimum Gasteiger partial charge on any atom is -0.240 e. The van der Waals surface area contributed by atoms with Crippen molar-refractivity contribution in [2.75, 3.05) is 0 Å². The Hall–Kier alpha value is -1.45. The number of nitrogens with zero attached hydrogens (tertiary/aromatic N) is 2. The molecular formula is C9H8F2N2. The molecule has 0 saturated heterocycles. The first-order chi connectivity index (χ1) is 6.20. The third-order valence-electron chi connectivity index (χ3n) is 2.03. The van der Waals surface area contributed by atoms with Crippen LogP contribution in [0.4, 0.5) is 8.78 Å². The standard InChI is InChI=1S/C9H8F2N2/c1-6-7-4-2-3-5-13(7)12-8(6)9(10)11/h2-5,9H,1H3. The maximum atomic E-state index is 12.4. The molecule has 0 radical (unpaired) electrons. The Balaban J connectivity index is 2.74. The molecule has 0 spiro atoms. The predicted molar refractivity (Wildman–Crippen MR) is 44.9 cm³/mol. The second-order valence-corrected chi connectivity index (χ2v) is 2.84. The van der Waals surface area contributed by atoms with Gasteiger partial charge in [-0.05, 0) is 19.1 Å². The summed E-state index contributed by atoms with van der Waals surface area (Å²) in [5, 5.41) is 3.78. The Kier molecular flexibility index (Phi) is 1.76. The highest BCUT2D eigenvalue weighted by Crippen LogP contribution is 2.23. The molecule has 0 aliphatic rings. The van der Waals surface area contributed by atoms with Gasteiger partial charge in [-0.15, -0.1) is 0 Å². The maximum absolute atomic E-state index is 12.4. The molecule has 68 valence electrons. The minimum absolute atomic E-state index is 0.133. The first kappa shape index (κ1) is 8.16. The first-order valence-electron chi connectivity index (χ1n) is 3.92. The Bertz CT molecular complexity index is 434. The summed E-state index contributed by atoms with van der Waals surface area (Å²) in [5.41, 5.74) is 1.15. The van der Waals surface area contributed by atoms with E-state index in [9.17, 15) is 8.78 Å². The van der Waals surface area contributed by atoms with Gasteiger partial charge >= 0.3 is 0 Å². The topological polar surface area (TPSA) is 17.3 Å². The molecule has 0 amide bonds. The Morgan fingerprint density at radius 3 is 2.77 bits per heavy atom. The van der Waals surface area contributed by atoms with Gasteiger partial charge in [0, 0.05) is 11.8 Å². The van der Waals surface area contributed by atoms with Crippen molar-refractivity contribution in [3.63, 3.8) is 0 Å². The third-order valence-corrected chi connectivity index (χ3v) is 2.03. The fourth-order valence-electron chi connectivity index (χ4n) is 1.35. The van der Waals surface area contributed by atoms with Crippen molar-refractivity contribution in [2.45, 2.75) is 13.3 Å². The summed E-state index contributed by atoms with van der Waals surface area (Å²) in [4.78, 5) is 0. The molecule has 2 aromatic rings. The van der Waals surface area contributed by atoms with Crippen LogP contribution in [-0.4, -0.2) is 9.61 Å². The largest absolute Gasteiger partial charge is 0.282 e. The molecule has 0 atom stereocenters. The molecule has 0 bridgehead atoms. The van der Waals surface area contributed by atoms with Gasteiger partial charge in [-0.25, -0.2) is 13.3 Å². The van der Waals surface area contributed by atoms with Crippen molar-refractivity contribution in [3.05, 3.63) is 35.7 Å². The lowest BCUT2D eigenvalue weighted by Crippen LogP contribution is -1.88. The van der Waals surface area contributed by atoms with E-state index in [-0.39, 0.29) is 5.69 Å². The van der Waals surface area contributed by atoms with Crippen molar-refractivity contribution in [2.24, 2.45) is 0 Å². The maximum Gasteiger partial charge on any atom is 0.282 e. The zero-order valence-electron chi connectivity index (χ0n) is 7.04. The van der Waals surface area contributed by atoms with Crippen molar-refractivity contribution >= 4 is 5.52 Å². The van der Waals surface area contributed by atoms with Gasteiger partial charge < -0.3 is 0 Å². The number of rotatable bonds is 1. The summed E-state index contributed by atoms with van der Waals surface area (Å²) in [5.74, 6) is 0. The molecule has 0 saturated carbocycles. The number of alkyl halides is 2. The summed E-state index contributed by atoms with van der Waals surface area (Å²) in [6, 6.07) is 5.34. The molecule has 2 nitrogen and oxygen atoms in total. The summed E-state index contributed by atoms with van der Waals surface area (Å²) >= 11 is 0. The van der Waals surface area contributed by atoms with Crippen LogP contribution < -0.4 is 0 Å². The second-order valence-electron chi connectivity index (χ2n) is 2.84. The summed E-state index contributed by atoms with van der Waals surface area (Å²) in [7, 11) is 0. The molecule has 13 heavy (non-hydrogen) atoms. The molecule has 4 heteroatoms. The van der Waals surface area contributed by atoms with Gasteiger partial charge in [0.1, 0.15) is 5.69 Å². The molecule has 0 aromatic carbocycles. The highest BCUT2D eigenvalue weighted by atomic mass is 19.3. The minimum atomic E-state index is -2.50. The van der Waals surface area contributed by atoms with E-state index >= 15 is 0 Å². The number of fused-ring (bicyclic) bond motifs is 1. The molecule has 0 unspecified atom stereocenters. The highest BCUT2D eigenvalue weighted by Gasteiger charge is 2.16. The lowest BCUT2D eigenvalue weighted by Gasteiger charge is -1.92. The first-order valence-corrected chi connectivity index (χ1v) is 3.92. The van der Waals surface area contributed by atoms with Crippen LogP contribution in [0, 0.1) is 6.92 Å². The van der Waals surface area contributed by atoms with Gasteiger partial charge in [0.05, 0.1) is 5.52 Å². The normalized spacial score (nSPS) is 11.4. The van der Waals surface area contributed by atoms with Crippen LogP contribution in [0.15, 0.2) is 24.4 Å². The van der Waals surface area contributed by atoms with Gasteiger partial charge in [0.2, 0.25) is 0 Å². The lowest BCUT2D eigenvalue weighted by molar-refractivity contribution is 0.145. The smallest absolute Gasteiger partial charge is 0.240 e. The summed E-state index contributed by atoms with van der Waals surface area (Å²) in [6.45, 7) is 1.66.